The van der Waals surface area contributed by atoms with E-state index in [2.05, 4.69) is 5.32 Å². The van der Waals surface area contributed by atoms with Crippen LogP contribution in [0.1, 0.15) is 24.0 Å². The van der Waals surface area contributed by atoms with Gasteiger partial charge >= 0.3 is 0 Å². The number of thioether (sulfide) groups is 1. The zero-order valence-electron chi connectivity index (χ0n) is 19.6. The molecule has 4 rings (SSSR count). The zero-order valence-corrected chi connectivity index (χ0v) is 22.8. The van der Waals surface area contributed by atoms with Crippen LogP contribution >= 0.6 is 47.2 Å². The van der Waals surface area contributed by atoms with Crippen LogP contribution in [0.3, 0.4) is 0 Å². The number of hydrogen-bond acceptors (Lipinski definition) is 7. The van der Waals surface area contributed by atoms with E-state index in [4.69, 9.17) is 49.6 Å². The Bertz CT molecular complexity index is 1230. The van der Waals surface area contributed by atoms with Crippen LogP contribution in [0.15, 0.2) is 35.2 Å². The number of rotatable bonds is 8. The fraction of sp³-hybridized carbons (Fsp3) is 0.320. The number of thiocarbonyl (C=S) groups is 1. The Labute approximate surface area is 229 Å². The van der Waals surface area contributed by atoms with Crippen molar-refractivity contribution >= 4 is 75.1 Å². The fourth-order valence-electron chi connectivity index (χ4n) is 3.77. The van der Waals surface area contributed by atoms with Gasteiger partial charge in [0, 0.05) is 17.3 Å². The number of carbonyl (C=O) groups excluding carboxylic acids is 2. The number of methoxy groups -OCH3 is 1. The lowest BCUT2D eigenvalue weighted by atomic mass is 10.1. The molecule has 0 radical (unpaired) electrons. The topological polar surface area (TPSA) is 77.1 Å². The average Bonchev–Trinajstić information content (AvgIpc) is 3.44. The number of ether oxygens (including phenoxy) is 3. The highest BCUT2D eigenvalue weighted by atomic mass is 35.5. The molecule has 2 amide bonds. The zero-order chi connectivity index (χ0) is 25.8. The molecule has 0 unspecified atom stereocenters. The summed E-state index contributed by atoms with van der Waals surface area (Å²) in [5.74, 6) is 0.00456. The standard InChI is InChI=1S/C25H24Cl2N2O5S2/c1-14-5-6-16(11-18(14)26)28-22(30)13-34-23-19(27)8-15(9-20(23)32-2)10-21-24(31)29(25(35)36-21)12-17-4-3-7-33-17/h5-6,8-11,17H,3-4,7,12-13H2,1-2H3,(H,28,30)/b21-10-/t17-/m1/s1. The number of nitrogens with one attached hydrogen (secondary N) is 1. The van der Waals surface area contributed by atoms with Gasteiger partial charge in [0.05, 0.1) is 29.7 Å². The minimum Gasteiger partial charge on any atom is -0.493 e. The molecule has 2 aromatic rings. The van der Waals surface area contributed by atoms with E-state index in [0.29, 0.717) is 44.4 Å². The average molecular weight is 568 g/mol. The van der Waals surface area contributed by atoms with Crippen molar-refractivity contribution in [2.75, 3.05) is 32.2 Å². The maximum atomic E-state index is 12.9. The van der Waals surface area contributed by atoms with Crippen LogP contribution in [-0.4, -0.2) is 54.0 Å². The number of amides is 2. The van der Waals surface area contributed by atoms with Gasteiger partial charge in [-0.2, -0.15) is 0 Å². The Hall–Kier alpha value is -2.30. The largest absolute Gasteiger partial charge is 0.493 e. The summed E-state index contributed by atoms with van der Waals surface area (Å²) in [5.41, 5.74) is 2.11. The maximum absolute atomic E-state index is 12.9. The van der Waals surface area contributed by atoms with Crippen LogP contribution in [0.4, 0.5) is 5.69 Å². The minimum atomic E-state index is -0.382. The molecule has 0 aliphatic carbocycles. The van der Waals surface area contributed by atoms with Gasteiger partial charge in [0.15, 0.2) is 18.1 Å². The molecule has 0 saturated carbocycles. The molecule has 0 aromatic heterocycles. The molecule has 2 saturated heterocycles. The molecule has 0 bridgehead atoms. The predicted molar refractivity (Wildman–Crippen MR) is 147 cm³/mol. The van der Waals surface area contributed by atoms with Gasteiger partial charge in [0.25, 0.3) is 11.8 Å². The molecule has 11 heteroatoms. The van der Waals surface area contributed by atoms with E-state index >= 15 is 0 Å². The number of aryl methyl sites for hydroxylation is 1. The number of hydrogen-bond donors (Lipinski definition) is 1. The quantitative estimate of drug-likeness (QED) is 0.324. The number of anilines is 1. The SMILES string of the molecule is COc1cc(/C=C2\SC(=S)N(C[C@H]3CCCO3)C2=O)cc(Cl)c1OCC(=O)Nc1ccc(C)c(Cl)c1. The van der Waals surface area contributed by atoms with E-state index in [9.17, 15) is 9.59 Å². The van der Waals surface area contributed by atoms with E-state index in [-0.39, 0.29) is 35.3 Å². The van der Waals surface area contributed by atoms with Crippen LogP contribution < -0.4 is 14.8 Å². The Morgan fingerprint density at radius 2 is 2.11 bits per heavy atom. The van der Waals surface area contributed by atoms with Crippen molar-refractivity contribution in [2.45, 2.75) is 25.9 Å². The summed E-state index contributed by atoms with van der Waals surface area (Å²) in [6.45, 7) is 2.75. The third-order valence-electron chi connectivity index (χ3n) is 5.64. The molecule has 2 fully saturated rings. The Kier molecular flexibility index (Phi) is 8.79. The van der Waals surface area contributed by atoms with Crippen molar-refractivity contribution in [3.63, 3.8) is 0 Å². The van der Waals surface area contributed by atoms with Crippen LogP contribution in [-0.2, 0) is 14.3 Å². The lowest BCUT2D eigenvalue weighted by Crippen LogP contribution is -2.35. The molecule has 2 aromatic carbocycles. The molecule has 1 atom stereocenters. The van der Waals surface area contributed by atoms with Crippen LogP contribution in [0, 0.1) is 6.92 Å². The van der Waals surface area contributed by atoms with Crippen molar-refractivity contribution in [3.05, 3.63) is 56.4 Å². The van der Waals surface area contributed by atoms with Crippen molar-refractivity contribution in [1.82, 2.24) is 4.90 Å². The van der Waals surface area contributed by atoms with Gasteiger partial charge in [-0.1, -0.05) is 53.2 Å². The summed E-state index contributed by atoms with van der Waals surface area (Å²) >= 11 is 19.2. The monoisotopic (exact) mass is 566 g/mol. The first-order chi connectivity index (χ1) is 17.2. The minimum absolute atomic E-state index is 0.0121. The predicted octanol–water partition coefficient (Wildman–Crippen LogP) is 5.71. The van der Waals surface area contributed by atoms with Crippen LogP contribution in [0.25, 0.3) is 6.08 Å². The molecule has 0 spiro atoms. The van der Waals surface area contributed by atoms with Crippen molar-refractivity contribution in [3.8, 4) is 11.5 Å². The molecule has 2 heterocycles. The molecule has 36 heavy (non-hydrogen) atoms. The van der Waals surface area contributed by atoms with Crippen LogP contribution in [0.5, 0.6) is 11.5 Å². The van der Waals surface area contributed by atoms with E-state index in [1.54, 1.807) is 35.2 Å². The Balaban J connectivity index is 1.44. The molecule has 2 aliphatic rings. The molecule has 1 N–H and O–H groups in total. The summed E-state index contributed by atoms with van der Waals surface area (Å²) < 4.78 is 17.2. The first kappa shape index (κ1) is 26.8. The summed E-state index contributed by atoms with van der Waals surface area (Å²) in [6.07, 6.45) is 3.63. The molecule has 2 aliphatic heterocycles. The summed E-state index contributed by atoms with van der Waals surface area (Å²) in [6, 6.07) is 8.56. The molecule has 7 nitrogen and oxygen atoms in total. The second kappa shape index (κ2) is 11.8. The molecular weight excluding hydrogens is 543 g/mol. The summed E-state index contributed by atoms with van der Waals surface area (Å²) in [5, 5.41) is 3.52. The van der Waals surface area contributed by atoms with Gasteiger partial charge in [0.2, 0.25) is 0 Å². The highest BCUT2D eigenvalue weighted by molar-refractivity contribution is 8.26. The van der Waals surface area contributed by atoms with E-state index in [1.165, 1.54) is 18.9 Å². The Morgan fingerprint density at radius 3 is 2.81 bits per heavy atom. The van der Waals surface area contributed by atoms with E-state index in [0.717, 1.165) is 18.4 Å². The van der Waals surface area contributed by atoms with Crippen LogP contribution in [0.2, 0.25) is 10.0 Å². The number of carbonyl (C=O) groups is 2. The van der Waals surface area contributed by atoms with Crippen molar-refractivity contribution < 1.29 is 23.8 Å². The highest BCUT2D eigenvalue weighted by Gasteiger charge is 2.34. The Morgan fingerprint density at radius 1 is 1.31 bits per heavy atom. The third-order valence-corrected chi connectivity index (χ3v) is 7.70. The smallest absolute Gasteiger partial charge is 0.266 e. The van der Waals surface area contributed by atoms with Gasteiger partial charge in [-0.3, -0.25) is 14.5 Å². The summed E-state index contributed by atoms with van der Waals surface area (Å²) in [4.78, 5) is 27.4. The van der Waals surface area contributed by atoms with E-state index < -0.39 is 0 Å². The maximum Gasteiger partial charge on any atom is 0.266 e. The van der Waals surface area contributed by atoms with E-state index in [1.807, 2.05) is 13.0 Å². The lowest BCUT2D eigenvalue weighted by Gasteiger charge is -2.18. The summed E-state index contributed by atoms with van der Waals surface area (Å²) in [7, 11) is 1.47. The van der Waals surface area contributed by atoms with Gasteiger partial charge in [-0.25, -0.2) is 0 Å². The first-order valence-electron chi connectivity index (χ1n) is 11.2. The number of halogens is 2. The third kappa shape index (κ3) is 6.33. The number of nitrogens with zero attached hydrogens (tertiary/aromatic N) is 1. The molecular formula is C25H24Cl2N2O5S2. The highest BCUT2D eigenvalue weighted by Crippen LogP contribution is 2.39. The first-order valence-corrected chi connectivity index (χ1v) is 13.2. The van der Waals surface area contributed by atoms with Gasteiger partial charge in [0.1, 0.15) is 4.32 Å². The fourth-order valence-corrected chi connectivity index (χ4v) is 5.50. The van der Waals surface area contributed by atoms with Gasteiger partial charge in [-0.15, -0.1) is 0 Å². The lowest BCUT2D eigenvalue weighted by molar-refractivity contribution is -0.123. The van der Waals surface area contributed by atoms with Gasteiger partial charge < -0.3 is 19.5 Å². The van der Waals surface area contributed by atoms with Crippen molar-refractivity contribution in [2.24, 2.45) is 0 Å². The second-order valence-electron chi connectivity index (χ2n) is 8.26. The second-order valence-corrected chi connectivity index (χ2v) is 10.8. The normalized spacial score (nSPS) is 18.7. The van der Waals surface area contributed by atoms with Gasteiger partial charge in [-0.05, 0) is 61.2 Å². The van der Waals surface area contributed by atoms with Crippen molar-refractivity contribution in [1.29, 1.82) is 0 Å². The number of benzene rings is 2. The molecule has 190 valence electrons.